The van der Waals surface area contributed by atoms with Crippen molar-refractivity contribution in [2.24, 2.45) is 11.3 Å². The maximum absolute atomic E-state index is 13.1. The topological polar surface area (TPSA) is 41.6 Å². The van der Waals surface area contributed by atoms with Gasteiger partial charge in [0.15, 0.2) is 0 Å². The van der Waals surface area contributed by atoms with Crippen molar-refractivity contribution in [1.82, 2.24) is 10.2 Å². The monoisotopic (exact) mass is 310 g/mol. The molecule has 1 saturated carbocycles. The highest BCUT2D eigenvalue weighted by atomic mass is 16.5. The molecular formula is C18H34N2O2. The molecular weight excluding hydrogens is 276 g/mol. The van der Waals surface area contributed by atoms with Gasteiger partial charge in [-0.1, -0.05) is 20.8 Å². The van der Waals surface area contributed by atoms with Crippen LogP contribution in [-0.2, 0) is 9.53 Å². The van der Waals surface area contributed by atoms with Crippen molar-refractivity contribution in [3.8, 4) is 0 Å². The standard InChI is InChI=1S/C18H34N2O2/c1-6-10-20(15-12-16(22-7-2)18(15,4)5)17(21)14-8-9-19-13(3)11-14/h13-16,19H,6-12H2,1-5H3/t13-,14-,15?,16?/m0/s1. The van der Waals surface area contributed by atoms with Gasteiger partial charge < -0.3 is 15.0 Å². The summed E-state index contributed by atoms with van der Waals surface area (Å²) in [4.78, 5) is 15.3. The molecule has 128 valence electrons. The Hall–Kier alpha value is -0.610. The minimum Gasteiger partial charge on any atom is -0.378 e. The molecule has 1 N–H and O–H groups in total. The van der Waals surface area contributed by atoms with Crippen LogP contribution in [0.25, 0.3) is 0 Å². The molecule has 4 heteroatoms. The van der Waals surface area contributed by atoms with Crippen LogP contribution in [0.2, 0.25) is 0 Å². The van der Waals surface area contributed by atoms with Crippen LogP contribution in [0.4, 0.5) is 0 Å². The van der Waals surface area contributed by atoms with Crippen molar-refractivity contribution in [2.75, 3.05) is 19.7 Å². The van der Waals surface area contributed by atoms with Gasteiger partial charge in [0, 0.05) is 36.6 Å². The molecule has 0 aromatic carbocycles. The van der Waals surface area contributed by atoms with Crippen LogP contribution in [0.3, 0.4) is 0 Å². The van der Waals surface area contributed by atoms with Gasteiger partial charge >= 0.3 is 0 Å². The van der Waals surface area contributed by atoms with Gasteiger partial charge in [0.2, 0.25) is 5.91 Å². The molecule has 1 heterocycles. The number of piperidine rings is 1. The molecule has 0 spiro atoms. The third kappa shape index (κ3) is 3.48. The number of hydrogen-bond acceptors (Lipinski definition) is 3. The van der Waals surface area contributed by atoms with E-state index in [2.05, 4.69) is 44.8 Å². The molecule has 2 aliphatic rings. The van der Waals surface area contributed by atoms with E-state index in [9.17, 15) is 4.79 Å². The van der Waals surface area contributed by atoms with Gasteiger partial charge in [-0.2, -0.15) is 0 Å². The molecule has 0 bridgehead atoms. The lowest BCUT2D eigenvalue weighted by Crippen LogP contribution is -2.64. The number of hydrogen-bond donors (Lipinski definition) is 1. The van der Waals surface area contributed by atoms with Gasteiger partial charge in [-0.3, -0.25) is 4.79 Å². The summed E-state index contributed by atoms with van der Waals surface area (Å²) in [7, 11) is 0. The van der Waals surface area contributed by atoms with E-state index < -0.39 is 0 Å². The number of amides is 1. The van der Waals surface area contributed by atoms with Crippen molar-refractivity contribution < 1.29 is 9.53 Å². The van der Waals surface area contributed by atoms with Crippen LogP contribution in [0, 0.1) is 11.3 Å². The van der Waals surface area contributed by atoms with E-state index in [1.54, 1.807) is 0 Å². The summed E-state index contributed by atoms with van der Waals surface area (Å²) in [6.07, 6.45) is 4.26. The molecule has 1 amide bonds. The Morgan fingerprint density at radius 2 is 2.05 bits per heavy atom. The summed E-state index contributed by atoms with van der Waals surface area (Å²) in [5, 5.41) is 3.44. The average molecular weight is 310 g/mol. The second-order valence-corrected chi connectivity index (χ2v) is 7.62. The Bertz CT molecular complexity index is 383. The summed E-state index contributed by atoms with van der Waals surface area (Å²) in [5.74, 6) is 0.577. The first-order chi connectivity index (χ1) is 10.4. The normalized spacial score (nSPS) is 34.0. The summed E-state index contributed by atoms with van der Waals surface area (Å²) in [5.41, 5.74) is 0.0688. The molecule has 22 heavy (non-hydrogen) atoms. The van der Waals surface area contributed by atoms with E-state index in [1.165, 1.54) is 0 Å². The first kappa shape index (κ1) is 17.7. The van der Waals surface area contributed by atoms with Crippen molar-refractivity contribution in [3.05, 3.63) is 0 Å². The fourth-order valence-electron chi connectivity index (χ4n) is 4.13. The fraction of sp³-hybridized carbons (Fsp3) is 0.944. The van der Waals surface area contributed by atoms with E-state index >= 15 is 0 Å². The SMILES string of the molecule is CCCN(C(=O)[C@H]1CCN[C@@H](C)C1)C1CC(OCC)C1(C)C. The maximum Gasteiger partial charge on any atom is 0.226 e. The summed E-state index contributed by atoms with van der Waals surface area (Å²) < 4.78 is 5.85. The number of ether oxygens (including phenoxy) is 1. The predicted molar refractivity (Wildman–Crippen MR) is 89.8 cm³/mol. The second kappa shape index (κ2) is 7.31. The lowest BCUT2D eigenvalue weighted by atomic mass is 9.63. The van der Waals surface area contributed by atoms with E-state index in [-0.39, 0.29) is 11.3 Å². The molecule has 2 rings (SSSR count). The lowest BCUT2D eigenvalue weighted by molar-refractivity contribution is -0.171. The van der Waals surface area contributed by atoms with E-state index in [0.717, 1.165) is 45.4 Å². The quantitative estimate of drug-likeness (QED) is 0.820. The Morgan fingerprint density at radius 3 is 2.59 bits per heavy atom. The van der Waals surface area contributed by atoms with Gasteiger partial charge in [-0.05, 0) is 46.1 Å². The second-order valence-electron chi connectivity index (χ2n) is 7.62. The van der Waals surface area contributed by atoms with Gasteiger partial charge in [0.05, 0.1) is 6.10 Å². The Labute approximate surface area is 136 Å². The summed E-state index contributed by atoms with van der Waals surface area (Å²) >= 11 is 0. The highest BCUT2D eigenvalue weighted by molar-refractivity contribution is 5.79. The Morgan fingerprint density at radius 1 is 1.32 bits per heavy atom. The van der Waals surface area contributed by atoms with Crippen LogP contribution in [0.5, 0.6) is 0 Å². The zero-order valence-electron chi connectivity index (χ0n) is 15.0. The van der Waals surface area contributed by atoms with E-state index in [0.29, 0.717) is 24.1 Å². The first-order valence-electron chi connectivity index (χ1n) is 9.07. The van der Waals surface area contributed by atoms with Gasteiger partial charge in [0.25, 0.3) is 0 Å². The summed E-state index contributed by atoms with van der Waals surface area (Å²) in [6, 6.07) is 0.790. The van der Waals surface area contributed by atoms with Crippen molar-refractivity contribution in [1.29, 1.82) is 0 Å². The van der Waals surface area contributed by atoms with Gasteiger partial charge in [0.1, 0.15) is 0 Å². The number of nitrogens with zero attached hydrogens (tertiary/aromatic N) is 1. The minimum atomic E-state index is 0.0688. The van der Waals surface area contributed by atoms with Crippen LogP contribution in [0.1, 0.15) is 60.3 Å². The molecule has 1 aliphatic heterocycles. The Balaban J connectivity index is 2.05. The molecule has 2 fully saturated rings. The van der Waals surface area contributed by atoms with Crippen molar-refractivity contribution in [2.45, 2.75) is 78.5 Å². The number of carbonyl (C=O) groups is 1. The number of rotatable bonds is 6. The van der Waals surface area contributed by atoms with Gasteiger partial charge in [-0.25, -0.2) is 0 Å². The van der Waals surface area contributed by atoms with Crippen molar-refractivity contribution >= 4 is 5.91 Å². The van der Waals surface area contributed by atoms with Gasteiger partial charge in [-0.15, -0.1) is 0 Å². The third-order valence-corrected chi connectivity index (χ3v) is 5.59. The lowest BCUT2D eigenvalue weighted by Gasteiger charge is -2.56. The van der Waals surface area contributed by atoms with E-state index in [1.807, 2.05) is 0 Å². The number of nitrogens with one attached hydrogen (secondary N) is 1. The summed E-state index contributed by atoms with van der Waals surface area (Å²) in [6.45, 7) is 13.5. The fourth-order valence-corrected chi connectivity index (χ4v) is 4.13. The van der Waals surface area contributed by atoms with Crippen LogP contribution < -0.4 is 5.32 Å². The smallest absolute Gasteiger partial charge is 0.226 e. The zero-order chi connectivity index (χ0) is 16.3. The molecule has 2 unspecified atom stereocenters. The first-order valence-corrected chi connectivity index (χ1v) is 9.07. The van der Waals surface area contributed by atoms with Crippen molar-refractivity contribution in [3.63, 3.8) is 0 Å². The zero-order valence-corrected chi connectivity index (χ0v) is 15.0. The highest BCUT2D eigenvalue weighted by Crippen LogP contribution is 2.46. The van der Waals surface area contributed by atoms with Crippen LogP contribution in [-0.4, -0.2) is 48.7 Å². The van der Waals surface area contributed by atoms with E-state index in [4.69, 9.17) is 4.74 Å². The largest absolute Gasteiger partial charge is 0.378 e. The molecule has 1 saturated heterocycles. The molecule has 4 atom stereocenters. The average Bonchev–Trinajstić information content (AvgIpc) is 2.49. The highest BCUT2D eigenvalue weighted by Gasteiger charge is 2.53. The maximum atomic E-state index is 13.1. The molecule has 0 aromatic heterocycles. The number of carbonyl (C=O) groups excluding carboxylic acids is 1. The minimum absolute atomic E-state index is 0.0688. The molecule has 1 aliphatic carbocycles. The molecule has 4 nitrogen and oxygen atoms in total. The molecule has 0 aromatic rings. The van der Waals surface area contributed by atoms with Crippen LogP contribution in [0.15, 0.2) is 0 Å². The van der Waals surface area contributed by atoms with Crippen LogP contribution >= 0.6 is 0 Å². The molecule has 0 radical (unpaired) electrons. The Kier molecular flexibility index (Phi) is 5.89. The predicted octanol–water partition coefficient (Wildman–Crippen LogP) is 2.82. The third-order valence-electron chi connectivity index (χ3n) is 5.59.